The van der Waals surface area contributed by atoms with E-state index < -0.39 is 0 Å². The molecule has 0 aromatic carbocycles. The molecule has 0 amide bonds. The predicted octanol–water partition coefficient (Wildman–Crippen LogP) is 3.38. The molecule has 4 nitrogen and oxygen atoms in total. The molecule has 0 unspecified atom stereocenters. The number of hydrogen-bond acceptors (Lipinski definition) is 4. The van der Waals surface area contributed by atoms with Gasteiger partial charge in [-0.3, -0.25) is 0 Å². The molecule has 1 fully saturated rings. The second kappa shape index (κ2) is 6.73. The quantitative estimate of drug-likeness (QED) is 0.854. The maximum Gasteiger partial charge on any atom is 0.134 e. The molecule has 1 aromatic rings. The first-order valence-electron chi connectivity index (χ1n) is 7.53. The lowest BCUT2D eigenvalue weighted by molar-refractivity contribution is 0.373. The lowest BCUT2D eigenvalue weighted by atomic mass is 9.89. The molecule has 0 aliphatic heterocycles. The topological polar surface area (TPSA) is 49.8 Å². The minimum Gasteiger partial charge on any atom is -0.373 e. The van der Waals surface area contributed by atoms with Gasteiger partial charge in [-0.2, -0.15) is 0 Å². The number of nitrogens with one attached hydrogen (secondary N) is 2. The smallest absolute Gasteiger partial charge is 0.134 e. The lowest BCUT2D eigenvalue weighted by Crippen LogP contribution is -2.19. The molecule has 1 aromatic heterocycles. The molecule has 0 bridgehead atoms. The Hall–Kier alpha value is -1.32. The first kappa shape index (κ1) is 14.1. The van der Waals surface area contributed by atoms with Crippen LogP contribution in [0.5, 0.6) is 0 Å². The maximum absolute atomic E-state index is 4.62. The molecule has 0 saturated heterocycles. The molecule has 0 atom stereocenters. The Bertz CT molecular complexity index is 411. The van der Waals surface area contributed by atoms with Gasteiger partial charge in [0.1, 0.15) is 17.5 Å². The third-order valence-electron chi connectivity index (χ3n) is 4.03. The fraction of sp³-hybridized carbons (Fsp3) is 0.733. The summed E-state index contributed by atoms with van der Waals surface area (Å²) >= 11 is 0. The molecule has 2 rings (SSSR count). The Morgan fingerprint density at radius 2 is 1.79 bits per heavy atom. The van der Waals surface area contributed by atoms with Crippen molar-refractivity contribution in [2.45, 2.75) is 52.4 Å². The van der Waals surface area contributed by atoms with Crippen molar-refractivity contribution in [1.29, 1.82) is 0 Å². The highest BCUT2D eigenvalue weighted by Gasteiger charge is 2.15. The van der Waals surface area contributed by atoms with Crippen LogP contribution in [0.1, 0.15) is 50.4 Å². The van der Waals surface area contributed by atoms with Crippen molar-refractivity contribution < 1.29 is 0 Å². The van der Waals surface area contributed by atoms with Crippen molar-refractivity contribution in [2.24, 2.45) is 5.92 Å². The molecule has 2 N–H and O–H groups in total. The predicted molar refractivity (Wildman–Crippen MR) is 80.8 cm³/mol. The Morgan fingerprint density at radius 1 is 1.11 bits per heavy atom. The van der Waals surface area contributed by atoms with Crippen LogP contribution >= 0.6 is 0 Å². The van der Waals surface area contributed by atoms with Crippen molar-refractivity contribution in [3.8, 4) is 0 Å². The van der Waals surface area contributed by atoms with E-state index in [0.717, 1.165) is 41.9 Å². The molecule has 1 aliphatic carbocycles. The van der Waals surface area contributed by atoms with E-state index in [-0.39, 0.29) is 0 Å². The minimum atomic E-state index is 0.811. The van der Waals surface area contributed by atoms with E-state index in [1.807, 2.05) is 7.05 Å². The number of aryl methyl sites for hydroxylation is 1. The Balaban J connectivity index is 2.05. The van der Waals surface area contributed by atoms with Gasteiger partial charge < -0.3 is 10.6 Å². The SMILES string of the molecule is CCc1nc(NC)c(C)c(NCC2CCCCC2)n1. The molecule has 0 spiro atoms. The van der Waals surface area contributed by atoms with Crippen LogP contribution < -0.4 is 10.6 Å². The Labute approximate surface area is 116 Å². The van der Waals surface area contributed by atoms with E-state index in [9.17, 15) is 0 Å². The highest BCUT2D eigenvalue weighted by atomic mass is 15.1. The molecular formula is C15H26N4. The van der Waals surface area contributed by atoms with Crippen LogP contribution in [0.15, 0.2) is 0 Å². The molecular weight excluding hydrogens is 236 g/mol. The van der Waals surface area contributed by atoms with Gasteiger partial charge in [0, 0.05) is 25.6 Å². The van der Waals surface area contributed by atoms with Gasteiger partial charge in [-0.25, -0.2) is 9.97 Å². The van der Waals surface area contributed by atoms with E-state index in [1.54, 1.807) is 0 Å². The largest absolute Gasteiger partial charge is 0.373 e. The lowest BCUT2D eigenvalue weighted by Gasteiger charge is -2.23. The molecule has 4 heteroatoms. The molecule has 1 heterocycles. The summed E-state index contributed by atoms with van der Waals surface area (Å²) < 4.78 is 0. The highest BCUT2D eigenvalue weighted by molar-refractivity contribution is 5.57. The third-order valence-corrected chi connectivity index (χ3v) is 4.03. The standard InChI is InChI=1S/C15H26N4/c1-4-13-18-14(16-3)11(2)15(19-13)17-10-12-8-6-5-7-9-12/h12H,4-10H2,1-3H3,(H2,16,17,18,19). The van der Waals surface area contributed by atoms with Crippen molar-refractivity contribution >= 4 is 11.6 Å². The average molecular weight is 262 g/mol. The van der Waals surface area contributed by atoms with E-state index in [1.165, 1.54) is 32.1 Å². The second-order valence-electron chi connectivity index (χ2n) is 5.45. The van der Waals surface area contributed by atoms with Gasteiger partial charge >= 0.3 is 0 Å². The summed E-state index contributed by atoms with van der Waals surface area (Å²) in [5.41, 5.74) is 1.12. The van der Waals surface area contributed by atoms with Crippen molar-refractivity contribution in [1.82, 2.24) is 9.97 Å². The van der Waals surface area contributed by atoms with Crippen LogP contribution in [0.3, 0.4) is 0 Å². The molecule has 19 heavy (non-hydrogen) atoms. The summed E-state index contributed by atoms with van der Waals surface area (Å²) in [6.07, 6.45) is 7.77. The first-order chi connectivity index (χ1) is 9.24. The normalized spacial score (nSPS) is 16.4. The van der Waals surface area contributed by atoms with Gasteiger partial charge in [-0.15, -0.1) is 0 Å². The number of anilines is 2. The fourth-order valence-electron chi connectivity index (χ4n) is 2.77. The van der Waals surface area contributed by atoms with Gasteiger partial charge in [0.15, 0.2) is 0 Å². The van der Waals surface area contributed by atoms with Crippen LogP contribution in [0.25, 0.3) is 0 Å². The van der Waals surface area contributed by atoms with Gasteiger partial charge in [-0.1, -0.05) is 26.2 Å². The highest BCUT2D eigenvalue weighted by Crippen LogP contribution is 2.25. The molecule has 0 radical (unpaired) electrons. The fourth-order valence-corrected chi connectivity index (χ4v) is 2.77. The summed E-state index contributed by atoms with van der Waals surface area (Å²) in [4.78, 5) is 9.12. The van der Waals surface area contributed by atoms with Gasteiger partial charge in [-0.05, 0) is 25.7 Å². The zero-order valence-corrected chi connectivity index (χ0v) is 12.4. The summed E-state index contributed by atoms with van der Waals surface area (Å²) in [6.45, 7) is 5.22. The monoisotopic (exact) mass is 262 g/mol. The van der Waals surface area contributed by atoms with Gasteiger partial charge in [0.2, 0.25) is 0 Å². The number of aromatic nitrogens is 2. The zero-order chi connectivity index (χ0) is 13.7. The van der Waals surface area contributed by atoms with Gasteiger partial charge in [0.05, 0.1) is 0 Å². The molecule has 1 aliphatic rings. The van der Waals surface area contributed by atoms with E-state index in [2.05, 4.69) is 34.4 Å². The maximum atomic E-state index is 4.62. The molecule has 106 valence electrons. The zero-order valence-electron chi connectivity index (χ0n) is 12.4. The summed E-state index contributed by atoms with van der Waals surface area (Å²) in [5, 5.41) is 6.70. The summed E-state index contributed by atoms with van der Waals surface area (Å²) in [7, 11) is 1.92. The second-order valence-corrected chi connectivity index (χ2v) is 5.45. The Morgan fingerprint density at radius 3 is 2.42 bits per heavy atom. The van der Waals surface area contributed by atoms with Crippen LogP contribution in [0, 0.1) is 12.8 Å². The van der Waals surface area contributed by atoms with Crippen molar-refractivity contribution in [2.75, 3.05) is 24.2 Å². The third kappa shape index (κ3) is 3.58. The van der Waals surface area contributed by atoms with Crippen LogP contribution in [0.4, 0.5) is 11.6 Å². The van der Waals surface area contributed by atoms with E-state index >= 15 is 0 Å². The molecule has 1 saturated carbocycles. The van der Waals surface area contributed by atoms with Crippen LogP contribution in [0.2, 0.25) is 0 Å². The average Bonchev–Trinajstić information content (AvgIpc) is 2.47. The summed E-state index contributed by atoms with van der Waals surface area (Å²) in [5.74, 6) is 3.66. The van der Waals surface area contributed by atoms with E-state index in [4.69, 9.17) is 0 Å². The van der Waals surface area contributed by atoms with E-state index in [0.29, 0.717) is 0 Å². The Kier molecular flexibility index (Phi) is 5.00. The van der Waals surface area contributed by atoms with Crippen LogP contribution in [-0.2, 0) is 6.42 Å². The number of nitrogens with zero attached hydrogens (tertiary/aromatic N) is 2. The first-order valence-corrected chi connectivity index (χ1v) is 7.53. The van der Waals surface area contributed by atoms with Crippen molar-refractivity contribution in [3.05, 3.63) is 11.4 Å². The van der Waals surface area contributed by atoms with Gasteiger partial charge in [0.25, 0.3) is 0 Å². The number of hydrogen-bond donors (Lipinski definition) is 2. The van der Waals surface area contributed by atoms with Crippen molar-refractivity contribution in [3.63, 3.8) is 0 Å². The van der Waals surface area contributed by atoms with Crippen LogP contribution in [-0.4, -0.2) is 23.6 Å². The summed E-state index contributed by atoms with van der Waals surface area (Å²) in [6, 6.07) is 0. The number of rotatable bonds is 5. The minimum absolute atomic E-state index is 0.811.